The van der Waals surface area contributed by atoms with E-state index in [1.165, 1.54) is 20.8 Å². The summed E-state index contributed by atoms with van der Waals surface area (Å²) < 4.78 is 0. The molecule has 0 aliphatic heterocycles. The van der Waals surface area contributed by atoms with Crippen molar-refractivity contribution < 1.29 is 0 Å². The van der Waals surface area contributed by atoms with Crippen molar-refractivity contribution in [1.29, 1.82) is 0 Å². The van der Waals surface area contributed by atoms with Gasteiger partial charge in [-0.05, 0) is 22.9 Å². The zero-order valence-corrected chi connectivity index (χ0v) is 13.2. The van der Waals surface area contributed by atoms with Gasteiger partial charge in [-0.3, -0.25) is 0 Å². The van der Waals surface area contributed by atoms with Crippen molar-refractivity contribution in [3.05, 3.63) is 22.7 Å². The second-order valence-electron chi connectivity index (χ2n) is 5.89. The summed E-state index contributed by atoms with van der Waals surface area (Å²) in [5, 5.41) is 1.56. The molecule has 0 saturated carbocycles. The highest BCUT2D eigenvalue weighted by atomic mass is 31.0. The third kappa shape index (κ3) is 3.58. The van der Waals surface area contributed by atoms with Gasteiger partial charge in [0.15, 0.2) is 6.71 Å². The molecule has 0 bridgehead atoms. The van der Waals surface area contributed by atoms with Gasteiger partial charge in [-0.25, -0.2) is 0 Å². The molecule has 1 heterocycles. The lowest BCUT2D eigenvalue weighted by Gasteiger charge is -2.22. The first kappa shape index (κ1) is 14.8. The minimum atomic E-state index is 0.304. The van der Waals surface area contributed by atoms with Crippen molar-refractivity contribution in [3.63, 3.8) is 0 Å². The van der Waals surface area contributed by atoms with Crippen molar-refractivity contribution in [1.82, 2.24) is 0 Å². The minimum Gasteiger partial charge on any atom is -0.0729 e. The fraction of sp³-hybridized carbons (Fsp3) is 0.667. The van der Waals surface area contributed by atoms with Crippen LogP contribution in [-0.4, -0.2) is 6.71 Å². The van der Waals surface area contributed by atoms with E-state index in [9.17, 15) is 0 Å². The third-order valence-electron chi connectivity index (χ3n) is 3.60. The van der Waals surface area contributed by atoms with Crippen LogP contribution in [0.2, 0.25) is 12.6 Å². The molecular weight excluding hydrogens is 222 g/mol. The van der Waals surface area contributed by atoms with Gasteiger partial charge >= 0.3 is 0 Å². The molecule has 0 amide bonds. The van der Waals surface area contributed by atoms with E-state index in [-0.39, 0.29) is 0 Å². The van der Waals surface area contributed by atoms with E-state index in [0.717, 1.165) is 13.1 Å². The highest BCUT2D eigenvalue weighted by Gasteiger charge is 2.19. The largest absolute Gasteiger partial charge is 0.176 e. The van der Waals surface area contributed by atoms with Gasteiger partial charge in [0.05, 0.1) is 0 Å². The standard InChI is InChI=1S/C15H26BP/c1-7-12-10-14(15(4,5)6)17-11-13(12)16(8-2)9-3/h10-11H,7-9H2,1-6H3. The molecule has 0 aliphatic rings. The third-order valence-corrected chi connectivity index (χ3v) is 5.08. The fourth-order valence-corrected chi connectivity index (χ4v) is 3.59. The Morgan fingerprint density at radius 2 is 1.71 bits per heavy atom. The number of hydrogen-bond donors (Lipinski definition) is 0. The van der Waals surface area contributed by atoms with Crippen LogP contribution in [-0.2, 0) is 11.8 Å². The van der Waals surface area contributed by atoms with Crippen molar-refractivity contribution >= 4 is 20.4 Å². The molecule has 17 heavy (non-hydrogen) atoms. The lowest BCUT2D eigenvalue weighted by Crippen LogP contribution is -2.31. The average molecular weight is 248 g/mol. The molecule has 0 spiro atoms. The summed E-state index contributed by atoms with van der Waals surface area (Å²) in [6.45, 7) is 14.6. The van der Waals surface area contributed by atoms with Crippen molar-refractivity contribution in [3.8, 4) is 0 Å². The number of aryl methyl sites for hydroxylation is 1. The molecule has 0 saturated heterocycles. The predicted molar refractivity (Wildman–Crippen MR) is 83.4 cm³/mol. The molecule has 94 valence electrons. The zero-order chi connectivity index (χ0) is 13.1. The van der Waals surface area contributed by atoms with Crippen LogP contribution in [0.5, 0.6) is 0 Å². The van der Waals surface area contributed by atoms with Gasteiger partial charge in [0, 0.05) is 0 Å². The molecule has 0 nitrogen and oxygen atoms in total. The van der Waals surface area contributed by atoms with E-state index in [1.54, 1.807) is 16.3 Å². The second-order valence-corrected chi connectivity index (χ2v) is 6.88. The van der Waals surface area contributed by atoms with Crippen molar-refractivity contribution in [2.24, 2.45) is 0 Å². The van der Waals surface area contributed by atoms with Crippen molar-refractivity contribution in [2.45, 2.75) is 66.0 Å². The minimum absolute atomic E-state index is 0.304. The Balaban J connectivity index is 3.18. The molecule has 0 aliphatic carbocycles. The first-order valence-corrected chi connectivity index (χ1v) is 7.89. The zero-order valence-electron chi connectivity index (χ0n) is 12.3. The van der Waals surface area contributed by atoms with Crippen LogP contribution in [0.15, 0.2) is 11.9 Å². The maximum Gasteiger partial charge on any atom is 0.176 e. The lowest BCUT2D eigenvalue weighted by atomic mass is 9.41. The van der Waals surface area contributed by atoms with E-state index >= 15 is 0 Å². The maximum atomic E-state index is 2.47. The van der Waals surface area contributed by atoms with E-state index in [2.05, 4.69) is 53.4 Å². The topological polar surface area (TPSA) is 0 Å². The Kier molecular flexibility index (Phi) is 5.26. The highest BCUT2D eigenvalue weighted by Crippen LogP contribution is 2.30. The van der Waals surface area contributed by atoms with Crippen molar-refractivity contribution in [2.75, 3.05) is 0 Å². The maximum absolute atomic E-state index is 2.47. The quantitative estimate of drug-likeness (QED) is 0.667. The normalized spacial score (nSPS) is 12.1. The SMILES string of the molecule is CCB(CC)c1cpc(C(C)(C)C)cc1CC. The molecule has 1 aromatic heterocycles. The number of rotatable bonds is 4. The van der Waals surface area contributed by atoms with E-state index < -0.39 is 0 Å². The Labute approximate surface area is 109 Å². The van der Waals surface area contributed by atoms with Gasteiger partial charge in [0.25, 0.3) is 0 Å². The van der Waals surface area contributed by atoms with Gasteiger partial charge in [-0.15, -0.1) is 0 Å². The van der Waals surface area contributed by atoms with Crippen LogP contribution in [0.1, 0.15) is 52.4 Å². The molecule has 0 atom stereocenters. The number of hydrogen-bond acceptors (Lipinski definition) is 0. The van der Waals surface area contributed by atoms with Crippen LogP contribution < -0.4 is 5.46 Å². The summed E-state index contributed by atoms with van der Waals surface area (Å²) in [7, 11) is 1.41. The highest BCUT2D eigenvalue weighted by molar-refractivity contribution is 7.30. The Hall–Kier alpha value is -0.285. The fourth-order valence-electron chi connectivity index (χ4n) is 2.32. The van der Waals surface area contributed by atoms with Crippen LogP contribution in [0, 0.1) is 0 Å². The molecule has 0 N–H and O–H groups in total. The van der Waals surface area contributed by atoms with Crippen LogP contribution in [0.3, 0.4) is 0 Å². The van der Waals surface area contributed by atoms with Gasteiger partial charge in [-0.2, -0.15) is 0 Å². The predicted octanol–water partition coefficient (Wildman–Crippen LogP) is 4.87. The molecule has 0 fully saturated rings. The van der Waals surface area contributed by atoms with E-state index in [1.807, 2.05) is 0 Å². The molecule has 1 rings (SSSR count). The average Bonchev–Trinajstić information content (AvgIpc) is 2.29. The Morgan fingerprint density at radius 3 is 2.12 bits per heavy atom. The van der Waals surface area contributed by atoms with E-state index in [0.29, 0.717) is 5.41 Å². The van der Waals surface area contributed by atoms with Gasteiger partial charge in [-0.1, -0.05) is 79.5 Å². The Morgan fingerprint density at radius 1 is 1.12 bits per heavy atom. The molecule has 1 aromatic rings. The summed E-state index contributed by atoms with van der Waals surface area (Å²) in [6, 6.07) is 2.47. The molecule has 0 aromatic carbocycles. The Bertz CT molecular complexity index is 362. The first-order valence-electron chi connectivity index (χ1n) is 6.93. The van der Waals surface area contributed by atoms with Crippen LogP contribution in [0.25, 0.3) is 0 Å². The lowest BCUT2D eigenvalue weighted by molar-refractivity contribution is 0.603. The molecule has 0 radical (unpaired) electrons. The molecule has 0 unspecified atom stereocenters. The second kappa shape index (κ2) is 6.05. The van der Waals surface area contributed by atoms with E-state index in [4.69, 9.17) is 0 Å². The summed E-state index contributed by atoms with van der Waals surface area (Å²) >= 11 is 0. The molecular formula is C15H26BP. The van der Waals surface area contributed by atoms with Gasteiger partial charge in [0.1, 0.15) is 0 Å². The summed E-state index contributed by atoms with van der Waals surface area (Å²) in [4.78, 5) is 0. The smallest absolute Gasteiger partial charge is 0.0729 e. The van der Waals surface area contributed by atoms with Crippen LogP contribution >= 0.6 is 8.19 Å². The summed E-state index contributed by atoms with van der Waals surface area (Å²) in [6.07, 6.45) is 3.69. The first-order chi connectivity index (χ1) is 7.93. The summed E-state index contributed by atoms with van der Waals surface area (Å²) in [5.41, 5.74) is 3.49. The monoisotopic (exact) mass is 248 g/mol. The van der Waals surface area contributed by atoms with Gasteiger partial charge in [0.2, 0.25) is 0 Å². The van der Waals surface area contributed by atoms with Crippen LogP contribution in [0.4, 0.5) is 0 Å². The van der Waals surface area contributed by atoms with Gasteiger partial charge < -0.3 is 0 Å². The molecule has 2 heteroatoms. The summed E-state index contributed by atoms with van der Waals surface area (Å²) in [5.74, 6) is 2.47.